The molecule has 1 aliphatic rings. The first-order chi connectivity index (χ1) is 8.54. The number of hydrogen-bond acceptors (Lipinski definition) is 3. The van der Waals surface area contributed by atoms with Crippen molar-refractivity contribution in [2.45, 2.75) is 17.7 Å². The van der Waals surface area contributed by atoms with Crippen molar-refractivity contribution in [1.29, 1.82) is 0 Å². The van der Waals surface area contributed by atoms with Gasteiger partial charge in [0.15, 0.2) is 0 Å². The van der Waals surface area contributed by atoms with E-state index >= 15 is 0 Å². The number of benzene rings is 1. The molecule has 1 aliphatic heterocycles. The van der Waals surface area contributed by atoms with Crippen molar-refractivity contribution in [3.8, 4) is 0 Å². The third-order valence-corrected chi connectivity index (χ3v) is 5.11. The summed E-state index contributed by atoms with van der Waals surface area (Å²) in [5, 5.41) is 0. The molecule has 19 heavy (non-hydrogen) atoms. The molecular weight excluding hydrogens is 291 g/mol. The van der Waals surface area contributed by atoms with Crippen molar-refractivity contribution >= 4 is 22.4 Å². The molecule has 108 valence electrons. The Balaban J connectivity index is 0.00000180. The Morgan fingerprint density at radius 2 is 2.16 bits per heavy atom. The zero-order valence-corrected chi connectivity index (χ0v) is 12.1. The number of rotatable bonds is 3. The van der Waals surface area contributed by atoms with E-state index in [1.165, 1.54) is 22.5 Å². The van der Waals surface area contributed by atoms with E-state index in [1.54, 1.807) is 0 Å². The van der Waals surface area contributed by atoms with Crippen LogP contribution in [-0.4, -0.2) is 32.4 Å². The Kier molecular flexibility index (Phi) is 5.73. The van der Waals surface area contributed by atoms with Gasteiger partial charge in [0.1, 0.15) is 5.82 Å². The molecule has 0 spiro atoms. The highest BCUT2D eigenvalue weighted by Gasteiger charge is 2.29. The Bertz CT molecular complexity index is 524. The van der Waals surface area contributed by atoms with Crippen LogP contribution in [0.15, 0.2) is 29.2 Å². The van der Waals surface area contributed by atoms with Crippen LogP contribution < -0.4 is 5.73 Å². The van der Waals surface area contributed by atoms with Gasteiger partial charge < -0.3 is 5.73 Å². The van der Waals surface area contributed by atoms with Gasteiger partial charge in [-0.1, -0.05) is 6.07 Å². The highest BCUT2D eigenvalue weighted by Crippen LogP contribution is 2.23. The van der Waals surface area contributed by atoms with Crippen LogP contribution in [0.3, 0.4) is 0 Å². The number of halogens is 2. The first kappa shape index (κ1) is 16.4. The number of hydrogen-bond donors (Lipinski definition) is 1. The van der Waals surface area contributed by atoms with E-state index in [-0.39, 0.29) is 23.2 Å². The summed E-state index contributed by atoms with van der Waals surface area (Å²) in [5.74, 6) is -0.342. The van der Waals surface area contributed by atoms with Crippen LogP contribution in [0.1, 0.15) is 12.8 Å². The maximum Gasteiger partial charge on any atom is 0.243 e. The summed E-state index contributed by atoms with van der Waals surface area (Å²) in [4.78, 5) is 0.0140. The summed E-state index contributed by atoms with van der Waals surface area (Å²) in [5.41, 5.74) is 5.59. The van der Waals surface area contributed by atoms with Gasteiger partial charge in [0.2, 0.25) is 10.0 Å². The maximum absolute atomic E-state index is 13.1. The van der Waals surface area contributed by atoms with Crippen LogP contribution >= 0.6 is 12.4 Å². The predicted octanol–water partition coefficient (Wildman–Crippen LogP) is 1.61. The molecule has 0 radical (unpaired) electrons. The lowest BCUT2D eigenvalue weighted by Crippen LogP contribution is -2.41. The lowest BCUT2D eigenvalue weighted by Gasteiger charge is -2.31. The van der Waals surface area contributed by atoms with E-state index in [2.05, 4.69) is 0 Å². The second kappa shape index (κ2) is 6.65. The normalized spacial score (nSPS) is 20.8. The number of piperidine rings is 1. The Labute approximate surface area is 119 Å². The first-order valence-corrected chi connectivity index (χ1v) is 7.44. The van der Waals surface area contributed by atoms with E-state index in [4.69, 9.17) is 5.73 Å². The zero-order chi connectivity index (χ0) is 13.2. The monoisotopic (exact) mass is 308 g/mol. The average Bonchev–Trinajstić information content (AvgIpc) is 2.39. The van der Waals surface area contributed by atoms with E-state index in [9.17, 15) is 12.8 Å². The van der Waals surface area contributed by atoms with Gasteiger partial charge in [-0.25, -0.2) is 12.8 Å². The maximum atomic E-state index is 13.1. The topological polar surface area (TPSA) is 63.4 Å². The van der Waals surface area contributed by atoms with Gasteiger partial charge in [-0.3, -0.25) is 0 Å². The predicted molar refractivity (Wildman–Crippen MR) is 74.2 cm³/mol. The Morgan fingerprint density at radius 1 is 1.42 bits per heavy atom. The van der Waals surface area contributed by atoms with Gasteiger partial charge in [0, 0.05) is 13.1 Å². The molecule has 1 aromatic rings. The van der Waals surface area contributed by atoms with Crippen LogP contribution in [0.25, 0.3) is 0 Å². The van der Waals surface area contributed by atoms with Crippen LogP contribution in [-0.2, 0) is 10.0 Å². The highest BCUT2D eigenvalue weighted by molar-refractivity contribution is 7.89. The molecule has 1 aromatic carbocycles. The van der Waals surface area contributed by atoms with E-state index in [0.717, 1.165) is 18.9 Å². The second-order valence-electron chi connectivity index (χ2n) is 4.56. The third kappa shape index (κ3) is 3.66. The molecule has 1 atom stereocenters. The fraction of sp³-hybridized carbons (Fsp3) is 0.500. The van der Waals surface area contributed by atoms with Crippen molar-refractivity contribution in [3.63, 3.8) is 0 Å². The molecule has 1 fully saturated rings. The minimum atomic E-state index is -3.59. The fourth-order valence-corrected chi connectivity index (χ4v) is 3.80. The third-order valence-electron chi connectivity index (χ3n) is 3.25. The first-order valence-electron chi connectivity index (χ1n) is 6.00. The van der Waals surface area contributed by atoms with E-state index in [0.29, 0.717) is 19.6 Å². The largest absolute Gasteiger partial charge is 0.330 e. The lowest BCUT2D eigenvalue weighted by molar-refractivity contribution is 0.271. The Hall–Kier alpha value is -0.690. The smallest absolute Gasteiger partial charge is 0.243 e. The Morgan fingerprint density at radius 3 is 2.79 bits per heavy atom. The second-order valence-corrected chi connectivity index (χ2v) is 6.50. The van der Waals surface area contributed by atoms with Crippen molar-refractivity contribution in [3.05, 3.63) is 30.1 Å². The van der Waals surface area contributed by atoms with Crippen LogP contribution in [0.4, 0.5) is 4.39 Å². The van der Waals surface area contributed by atoms with Gasteiger partial charge in [-0.2, -0.15) is 4.31 Å². The molecule has 4 nitrogen and oxygen atoms in total. The molecule has 0 saturated carbocycles. The van der Waals surface area contributed by atoms with Gasteiger partial charge in [-0.15, -0.1) is 12.4 Å². The SMILES string of the molecule is Cl.NCC1CCCN(S(=O)(=O)c2cccc(F)c2)C1. The summed E-state index contributed by atoms with van der Waals surface area (Å²) in [6.07, 6.45) is 1.75. The van der Waals surface area contributed by atoms with Gasteiger partial charge in [0.05, 0.1) is 4.90 Å². The van der Waals surface area contributed by atoms with Crippen LogP contribution in [0.2, 0.25) is 0 Å². The minimum Gasteiger partial charge on any atom is -0.330 e. The van der Waals surface area contributed by atoms with Gasteiger partial charge in [-0.05, 0) is 43.5 Å². The van der Waals surface area contributed by atoms with Crippen molar-refractivity contribution < 1.29 is 12.8 Å². The van der Waals surface area contributed by atoms with Crippen molar-refractivity contribution in [1.82, 2.24) is 4.31 Å². The molecule has 0 amide bonds. The minimum absolute atomic E-state index is 0. The van der Waals surface area contributed by atoms with Crippen molar-refractivity contribution in [2.75, 3.05) is 19.6 Å². The molecule has 2 rings (SSSR count). The molecular formula is C12H18ClFN2O2S. The zero-order valence-electron chi connectivity index (χ0n) is 10.5. The molecule has 0 aromatic heterocycles. The fourth-order valence-electron chi connectivity index (χ4n) is 2.21. The highest BCUT2D eigenvalue weighted by atomic mass is 35.5. The molecule has 7 heteroatoms. The summed E-state index contributed by atoms with van der Waals surface area (Å²) in [6.45, 7) is 1.39. The summed E-state index contributed by atoms with van der Waals surface area (Å²) in [6, 6.07) is 5.12. The summed E-state index contributed by atoms with van der Waals surface area (Å²) < 4.78 is 39.1. The molecule has 1 heterocycles. The number of nitrogens with two attached hydrogens (primary N) is 1. The van der Waals surface area contributed by atoms with Crippen LogP contribution in [0.5, 0.6) is 0 Å². The van der Waals surface area contributed by atoms with E-state index in [1.807, 2.05) is 0 Å². The molecule has 1 saturated heterocycles. The molecule has 2 N–H and O–H groups in total. The molecule has 0 bridgehead atoms. The van der Waals surface area contributed by atoms with E-state index < -0.39 is 15.8 Å². The summed E-state index contributed by atoms with van der Waals surface area (Å²) in [7, 11) is -3.59. The number of sulfonamides is 1. The molecule has 0 aliphatic carbocycles. The summed E-state index contributed by atoms with van der Waals surface area (Å²) >= 11 is 0. The van der Waals surface area contributed by atoms with Gasteiger partial charge in [0.25, 0.3) is 0 Å². The number of nitrogens with zero attached hydrogens (tertiary/aromatic N) is 1. The van der Waals surface area contributed by atoms with Crippen molar-refractivity contribution in [2.24, 2.45) is 11.7 Å². The quantitative estimate of drug-likeness (QED) is 0.922. The van der Waals surface area contributed by atoms with Gasteiger partial charge >= 0.3 is 0 Å². The van der Waals surface area contributed by atoms with Crippen LogP contribution in [0, 0.1) is 11.7 Å². The standard InChI is InChI=1S/C12H17FN2O2S.ClH/c13-11-4-1-5-12(7-11)18(16,17)15-6-2-3-10(8-14)9-15;/h1,4-5,7,10H,2-3,6,8-9,14H2;1H. The average molecular weight is 309 g/mol. The lowest BCUT2D eigenvalue weighted by atomic mass is 10.0. The molecule has 1 unspecified atom stereocenters.